The van der Waals surface area contributed by atoms with E-state index in [0.717, 1.165) is 16.6 Å². The fourth-order valence-corrected chi connectivity index (χ4v) is 2.35. The lowest BCUT2D eigenvalue weighted by Gasteiger charge is -1.99. The van der Waals surface area contributed by atoms with Crippen LogP contribution in [0.2, 0.25) is 0 Å². The first-order valence-corrected chi connectivity index (χ1v) is 6.45. The predicted molar refractivity (Wildman–Crippen MR) is 75.2 cm³/mol. The highest BCUT2D eigenvalue weighted by Crippen LogP contribution is 2.21. The largest absolute Gasteiger partial charge is 0.444 e. The minimum absolute atomic E-state index is 0.271. The van der Waals surface area contributed by atoms with Crippen LogP contribution < -0.4 is 5.32 Å². The van der Waals surface area contributed by atoms with Crippen molar-refractivity contribution in [2.45, 2.75) is 6.92 Å². The highest BCUT2D eigenvalue weighted by Gasteiger charge is 2.16. The van der Waals surface area contributed by atoms with Gasteiger partial charge in [-0.3, -0.25) is 10.1 Å². The Morgan fingerprint density at radius 2 is 2.21 bits per heavy atom. The summed E-state index contributed by atoms with van der Waals surface area (Å²) in [4.78, 5) is 19.3. The van der Waals surface area contributed by atoms with Crippen molar-refractivity contribution < 1.29 is 9.21 Å². The Morgan fingerprint density at radius 3 is 2.89 bits per heavy atom. The molecule has 0 atom stereocenters. The number of H-pyrrole nitrogens is 1. The fraction of sp³-hybridized carbons (Fsp3) is 0.0769. The van der Waals surface area contributed by atoms with Crippen LogP contribution in [0.1, 0.15) is 16.1 Å². The van der Waals surface area contributed by atoms with E-state index in [-0.39, 0.29) is 11.7 Å². The third-order valence-electron chi connectivity index (χ3n) is 2.72. The summed E-state index contributed by atoms with van der Waals surface area (Å²) in [6.07, 6.45) is 0. The van der Waals surface area contributed by atoms with Crippen LogP contribution in [0.25, 0.3) is 11.0 Å². The minimum atomic E-state index is -0.331. The van der Waals surface area contributed by atoms with Gasteiger partial charge in [-0.05, 0) is 41.1 Å². The number of benzene rings is 1. The number of hydrogen-bond acceptors (Lipinski definition) is 3. The number of aryl methyl sites for hydroxylation is 1. The highest BCUT2D eigenvalue weighted by atomic mass is 79.9. The molecule has 0 bridgehead atoms. The van der Waals surface area contributed by atoms with Crippen molar-refractivity contribution >= 4 is 38.8 Å². The van der Waals surface area contributed by atoms with Crippen LogP contribution >= 0.6 is 15.9 Å². The molecule has 1 amide bonds. The summed E-state index contributed by atoms with van der Waals surface area (Å²) in [6.45, 7) is 1.81. The maximum absolute atomic E-state index is 12.0. The Kier molecular flexibility index (Phi) is 2.87. The van der Waals surface area contributed by atoms with Gasteiger partial charge >= 0.3 is 0 Å². The summed E-state index contributed by atoms with van der Waals surface area (Å²) < 4.78 is 5.81. The smallest absolute Gasteiger partial charge is 0.294 e. The average molecular weight is 320 g/mol. The van der Waals surface area contributed by atoms with Crippen LogP contribution in [0.4, 0.5) is 5.95 Å². The van der Waals surface area contributed by atoms with Crippen molar-refractivity contribution in [1.82, 2.24) is 9.97 Å². The summed E-state index contributed by atoms with van der Waals surface area (Å²) >= 11 is 3.19. The fourth-order valence-electron chi connectivity index (χ4n) is 1.84. The maximum atomic E-state index is 12.0. The summed E-state index contributed by atoms with van der Waals surface area (Å²) in [5, 5.41) is 2.68. The Balaban J connectivity index is 1.88. The molecule has 5 nitrogen and oxygen atoms in total. The van der Waals surface area contributed by atoms with E-state index in [2.05, 4.69) is 31.2 Å². The number of amides is 1. The van der Waals surface area contributed by atoms with E-state index in [1.165, 1.54) is 0 Å². The molecule has 0 radical (unpaired) electrons. The molecule has 1 aromatic carbocycles. The lowest BCUT2D eigenvalue weighted by Crippen LogP contribution is -2.13. The molecule has 19 heavy (non-hydrogen) atoms. The molecule has 0 aliphatic heterocycles. The van der Waals surface area contributed by atoms with Crippen LogP contribution in [0.15, 0.2) is 39.4 Å². The zero-order valence-electron chi connectivity index (χ0n) is 10.0. The summed E-state index contributed by atoms with van der Waals surface area (Å²) in [5.41, 5.74) is 2.44. The number of nitrogens with one attached hydrogen (secondary N) is 2. The molecule has 0 spiro atoms. The molecule has 0 aliphatic rings. The first-order chi connectivity index (χ1) is 9.13. The van der Waals surface area contributed by atoms with Gasteiger partial charge in [0.25, 0.3) is 5.91 Å². The molecule has 2 aromatic heterocycles. The quantitative estimate of drug-likeness (QED) is 0.759. The van der Waals surface area contributed by atoms with Crippen molar-refractivity contribution in [3.05, 3.63) is 46.3 Å². The van der Waals surface area contributed by atoms with E-state index < -0.39 is 0 Å². The minimum Gasteiger partial charge on any atom is -0.444 e. The van der Waals surface area contributed by atoms with Crippen LogP contribution in [0.3, 0.4) is 0 Å². The standard InChI is InChI=1S/C13H10BrN3O2/c1-7-6-10(14)19-11(7)12(18)17-13-15-8-4-2-3-5-9(8)16-13/h2-6H,1H3,(H2,15,16,17,18). The normalized spacial score (nSPS) is 10.8. The number of halogens is 1. The number of aromatic amines is 1. The predicted octanol–water partition coefficient (Wildman–Crippen LogP) is 3.48. The maximum Gasteiger partial charge on any atom is 0.294 e. The molecule has 96 valence electrons. The number of aromatic nitrogens is 2. The molecular formula is C13H10BrN3O2. The van der Waals surface area contributed by atoms with E-state index >= 15 is 0 Å². The molecule has 6 heteroatoms. The lowest BCUT2D eigenvalue weighted by atomic mass is 10.3. The Labute approximate surface area is 117 Å². The van der Waals surface area contributed by atoms with Crippen molar-refractivity contribution in [3.8, 4) is 0 Å². The van der Waals surface area contributed by atoms with Gasteiger partial charge < -0.3 is 9.40 Å². The van der Waals surface area contributed by atoms with E-state index in [9.17, 15) is 4.79 Å². The van der Waals surface area contributed by atoms with E-state index in [1.807, 2.05) is 31.2 Å². The Bertz CT molecular complexity index is 727. The number of carbonyl (C=O) groups excluding carboxylic acids is 1. The molecule has 2 heterocycles. The number of carbonyl (C=O) groups is 1. The molecule has 0 saturated carbocycles. The summed E-state index contributed by atoms with van der Waals surface area (Å²) in [7, 11) is 0. The van der Waals surface area contributed by atoms with Gasteiger partial charge in [0.2, 0.25) is 5.95 Å². The third kappa shape index (κ3) is 2.26. The topological polar surface area (TPSA) is 70.9 Å². The molecule has 3 rings (SSSR count). The van der Waals surface area contributed by atoms with Gasteiger partial charge in [-0.2, -0.15) is 0 Å². The Morgan fingerprint density at radius 1 is 1.42 bits per heavy atom. The Hall–Kier alpha value is -2.08. The van der Waals surface area contributed by atoms with E-state index in [4.69, 9.17) is 4.42 Å². The molecule has 0 saturated heterocycles. The molecular weight excluding hydrogens is 310 g/mol. The number of fused-ring (bicyclic) bond motifs is 1. The van der Waals surface area contributed by atoms with Gasteiger partial charge in [0.1, 0.15) is 0 Å². The summed E-state index contributed by atoms with van der Waals surface area (Å²) in [6, 6.07) is 9.30. The first kappa shape index (κ1) is 12.0. The van der Waals surface area contributed by atoms with Crippen LogP contribution in [0.5, 0.6) is 0 Å². The number of furan rings is 1. The number of anilines is 1. The van der Waals surface area contributed by atoms with Crippen LogP contribution in [-0.4, -0.2) is 15.9 Å². The number of nitrogens with zero attached hydrogens (tertiary/aromatic N) is 1. The van der Waals surface area contributed by atoms with Crippen molar-refractivity contribution in [2.75, 3.05) is 5.32 Å². The highest BCUT2D eigenvalue weighted by molar-refractivity contribution is 9.10. The zero-order chi connectivity index (χ0) is 13.4. The summed E-state index contributed by atoms with van der Waals surface area (Å²) in [5.74, 6) is 0.340. The van der Waals surface area contributed by atoms with Gasteiger partial charge in [0.05, 0.1) is 11.0 Å². The van der Waals surface area contributed by atoms with Crippen molar-refractivity contribution in [1.29, 1.82) is 0 Å². The number of hydrogen-bond donors (Lipinski definition) is 2. The number of imidazole rings is 1. The SMILES string of the molecule is Cc1cc(Br)oc1C(=O)Nc1nc2ccccc2[nH]1. The number of para-hydroxylation sites is 2. The second-order valence-electron chi connectivity index (χ2n) is 4.12. The van der Waals surface area contributed by atoms with E-state index in [1.54, 1.807) is 6.07 Å². The van der Waals surface area contributed by atoms with Gasteiger partial charge in [0.15, 0.2) is 10.4 Å². The van der Waals surface area contributed by atoms with Crippen molar-refractivity contribution in [2.24, 2.45) is 0 Å². The van der Waals surface area contributed by atoms with Gasteiger partial charge in [0, 0.05) is 5.56 Å². The van der Waals surface area contributed by atoms with E-state index in [0.29, 0.717) is 10.6 Å². The molecule has 2 N–H and O–H groups in total. The van der Waals surface area contributed by atoms with Gasteiger partial charge in [-0.1, -0.05) is 12.1 Å². The van der Waals surface area contributed by atoms with Gasteiger partial charge in [-0.25, -0.2) is 4.98 Å². The second-order valence-corrected chi connectivity index (χ2v) is 4.90. The number of rotatable bonds is 2. The van der Waals surface area contributed by atoms with Crippen LogP contribution in [0, 0.1) is 6.92 Å². The second kappa shape index (κ2) is 4.55. The van der Waals surface area contributed by atoms with Crippen molar-refractivity contribution in [3.63, 3.8) is 0 Å². The molecule has 0 fully saturated rings. The monoisotopic (exact) mass is 319 g/mol. The molecule has 0 unspecified atom stereocenters. The van der Waals surface area contributed by atoms with Crippen LogP contribution in [-0.2, 0) is 0 Å². The zero-order valence-corrected chi connectivity index (χ0v) is 11.6. The van der Waals surface area contributed by atoms with Gasteiger partial charge in [-0.15, -0.1) is 0 Å². The molecule has 0 aliphatic carbocycles. The first-order valence-electron chi connectivity index (χ1n) is 5.65. The molecule has 3 aromatic rings. The third-order valence-corrected chi connectivity index (χ3v) is 3.11. The lowest BCUT2D eigenvalue weighted by molar-refractivity contribution is 0.0994. The average Bonchev–Trinajstić information content (AvgIpc) is 2.91.